The lowest BCUT2D eigenvalue weighted by atomic mass is 10.1. The summed E-state index contributed by atoms with van der Waals surface area (Å²) in [6.07, 6.45) is 0.759. The van der Waals surface area contributed by atoms with Crippen molar-refractivity contribution >= 4 is 57.6 Å². The van der Waals surface area contributed by atoms with Gasteiger partial charge in [0.15, 0.2) is 5.17 Å². The summed E-state index contributed by atoms with van der Waals surface area (Å²) in [5.74, 6) is 0.00506. The number of anilines is 1. The smallest absolute Gasteiger partial charge is 0.269 e. The molecule has 0 N–H and O–H groups in total. The molecule has 2 aliphatic heterocycles. The van der Waals surface area contributed by atoms with Gasteiger partial charge in [0.1, 0.15) is 9.93 Å². The molecule has 33 heavy (non-hydrogen) atoms. The Balaban J connectivity index is 1.52. The third kappa shape index (κ3) is 4.56. The predicted octanol–water partition coefficient (Wildman–Crippen LogP) is 6.95. The fraction of sp³-hybridized carbons (Fsp3) is 0.154. The lowest BCUT2D eigenvalue weighted by Gasteiger charge is -2.19. The van der Waals surface area contributed by atoms with Gasteiger partial charge in [-0.15, -0.1) is 0 Å². The molecule has 166 valence electrons. The van der Waals surface area contributed by atoms with Crippen LogP contribution in [0.25, 0.3) is 0 Å². The third-order valence-electron chi connectivity index (χ3n) is 5.48. The predicted molar refractivity (Wildman–Crippen MR) is 140 cm³/mol. The van der Waals surface area contributed by atoms with Crippen molar-refractivity contribution in [1.82, 2.24) is 4.90 Å². The number of hydrogen-bond donors (Lipinski definition) is 0. The Morgan fingerprint density at radius 3 is 2.48 bits per heavy atom. The molecule has 0 atom stereocenters. The minimum absolute atomic E-state index is 0.00506. The largest absolute Gasteiger partial charge is 0.334 e. The first-order chi connectivity index (χ1) is 16.1. The summed E-state index contributed by atoms with van der Waals surface area (Å²) in [6, 6.07) is 25.9. The highest BCUT2D eigenvalue weighted by Gasteiger charge is 2.39. The Morgan fingerprint density at radius 1 is 0.909 bits per heavy atom. The maximum absolute atomic E-state index is 13.7. The van der Waals surface area contributed by atoms with Gasteiger partial charge in [-0.3, -0.25) is 9.69 Å². The van der Waals surface area contributed by atoms with E-state index in [9.17, 15) is 4.79 Å². The first-order valence-electron chi connectivity index (χ1n) is 10.8. The Morgan fingerprint density at radius 2 is 1.70 bits per heavy atom. The average molecular weight is 492 g/mol. The summed E-state index contributed by atoms with van der Waals surface area (Å²) >= 11 is 9.29. The van der Waals surface area contributed by atoms with E-state index >= 15 is 0 Å². The van der Waals surface area contributed by atoms with E-state index in [0.717, 1.165) is 34.3 Å². The molecule has 1 amide bonds. The van der Waals surface area contributed by atoms with E-state index in [0.29, 0.717) is 16.7 Å². The SMILES string of the molecule is CCN1/C(=C2/SC(=Nc3cccc(Cl)c3)N(CCc3ccccc3)C2=O)Sc2ccccc21. The minimum Gasteiger partial charge on any atom is -0.334 e. The number of amides is 1. The summed E-state index contributed by atoms with van der Waals surface area (Å²) in [5.41, 5.74) is 3.08. The molecule has 0 bridgehead atoms. The van der Waals surface area contributed by atoms with Crippen LogP contribution in [0.15, 0.2) is 98.7 Å². The van der Waals surface area contributed by atoms with Crippen molar-refractivity contribution in [3.8, 4) is 0 Å². The van der Waals surface area contributed by atoms with Crippen molar-refractivity contribution < 1.29 is 4.79 Å². The number of aliphatic imine (C=N–C) groups is 1. The summed E-state index contributed by atoms with van der Waals surface area (Å²) < 4.78 is 0. The molecule has 0 unspecified atom stereocenters. The standard InChI is InChI=1S/C26H22ClN3OS2/c1-2-29-21-13-6-7-14-22(21)32-25(29)23-24(31)30(16-15-18-9-4-3-5-10-18)26(33-23)28-20-12-8-11-19(27)17-20/h3-14,17H,2,15-16H2,1H3/b25-23-,28-26?. The summed E-state index contributed by atoms with van der Waals surface area (Å²) in [7, 11) is 0. The highest BCUT2D eigenvalue weighted by atomic mass is 35.5. The lowest BCUT2D eigenvalue weighted by molar-refractivity contribution is -0.122. The van der Waals surface area contributed by atoms with Crippen molar-refractivity contribution in [3.63, 3.8) is 0 Å². The van der Waals surface area contributed by atoms with Crippen LogP contribution in [0, 0.1) is 0 Å². The van der Waals surface area contributed by atoms with Crippen LogP contribution in [0.4, 0.5) is 11.4 Å². The Kier molecular flexibility index (Phi) is 6.49. The number of rotatable bonds is 5. The number of carbonyl (C=O) groups is 1. The van der Waals surface area contributed by atoms with E-state index in [1.807, 2.05) is 54.6 Å². The van der Waals surface area contributed by atoms with Gasteiger partial charge in [0.25, 0.3) is 5.91 Å². The van der Waals surface area contributed by atoms with Gasteiger partial charge in [0, 0.05) is 23.0 Å². The van der Waals surface area contributed by atoms with E-state index in [1.165, 1.54) is 22.2 Å². The number of fused-ring (bicyclic) bond motifs is 1. The van der Waals surface area contributed by atoms with Crippen molar-refractivity contribution in [1.29, 1.82) is 0 Å². The molecule has 0 aliphatic carbocycles. The van der Waals surface area contributed by atoms with Gasteiger partial charge >= 0.3 is 0 Å². The van der Waals surface area contributed by atoms with Gasteiger partial charge in [-0.05, 0) is 61.0 Å². The molecule has 0 spiro atoms. The lowest BCUT2D eigenvalue weighted by Crippen LogP contribution is -2.32. The molecule has 2 aliphatic rings. The normalized spacial score (nSPS) is 19.0. The number of carbonyl (C=O) groups excluding carboxylic acids is 1. The molecule has 1 saturated heterocycles. The van der Waals surface area contributed by atoms with Gasteiger partial charge in [-0.25, -0.2) is 4.99 Å². The van der Waals surface area contributed by atoms with E-state index in [4.69, 9.17) is 16.6 Å². The molecule has 0 radical (unpaired) electrons. The van der Waals surface area contributed by atoms with E-state index in [1.54, 1.807) is 16.7 Å². The molecule has 0 saturated carbocycles. The fourth-order valence-electron chi connectivity index (χ4n) is 3.87. The Bertz CT molecular complexity index is 1260. The van der Waals surface area contributed by atoms with Gasteiger partial charge in [0.2, 0.25) is 0 Å². The minimum atomic E-state index is 0.00506. The molecule has 1 fully saturated rings. The molecule has 5 rings (SSSR count). The molecule has 0 aromatic heterocycles. The highest BCUT2D eigenvalue weighted by molar-refractivity contribution is 8.19. The van der Waals surface area contributed by atoms with Crippen LogP contribution >= 0.6 is 35.1 Å². The van der Waals surface area contributed by atoms with Gasteiger partial charge in [-0.1, -0.05) is 71.9 Å². The van der Waals surface area contributed by atoms with E-state index < -0.39 is 0 Å². The summed E-state index contributed by atoms with van der Waals surface area (Å²) in [5, 5.41) is 2.29. The molecular formula is C26H22ClN3OS2. The highest BCUT2D eigenvalue weighted by Crippen LogP contribution is 2.50. The van der Waals surface area contributed by atoms with Crippen molar-refractivity contribution in [3.05, 3.63) is 99.4 Å². The van der Waals surface area contributed by atoms with Crippen molar-refractivity contribution in [2.24, 2.45) is 4.99 Å². The van der Waals surface area contributed by atoms with Crippen LogP contribution in [0.1, 0.15) is 12.5 Å². The first kappa shape index (κ1) is 22.1. The third-order valence-corrected chi connectivity index (χ3v) is 8.10. The number of hydrogen-bond acceptors (Lipinski definition) is 5. The number of amidine groups is 1. The summed E-state index contributed by atoms with van der Waals surface area (Å²) in [6.45, 7) is 3.47. The second-order valence-electron chi connectivity index (χ2n) is 7.62. The number of para-hydroxylation sites is 1. The maximum atomic E-state index is 13.7. The number of thioether (sulfide) groups is 2. The molecular weight excluding hydrogens is 470 g/mol. The van der Waals surface area contributed by atoms with Crippen LogP contribution in [0.2, 0.25) is 5.02 Å². The number of benzene rings is 3. The second kappa shape index (κ2) is 9.67. The summed E-state index contributed by atoms with van der Waals surface area (Å²) in [4.78, 5) is 24.4. The van der Waals surface area contributed by atoms with Crippen molar-refractivity contribution in [2.45, 2.75) is 18.2 Å². The van der Waals surface area contributed by atoms with Gasteiger partial charge < -0.3 is 4.90 Å². The van der Waals surface area contributed by atoms with Crippen LogP contribution in [0.3, 0.4) is 0 Å². The fourth-order valence-corrected chi connectivity index (χ4v) is 6.48. The molecule has 7 heteroatoms. The topological polar surface area (TPSA) is 35.9 Å². The Hall–Kier alpha value is -2.67. The molecule has 4 nitrogen and oxygen atoms in total. The van der Waals surface area contributed by atoms with Crippen LogP contribution in [0.5, 0.6) is 0 Å². The molecule has 2 heterocycles. The maximum Gasteiger partial charge on any atom is 0.269 e. The monoisotopic (exact) mass is 491 g/mol. The first-order valence-corrected chi connectivity index (χ1v) is 12.8. The zero-order chi connectivity index (χ0) is 22.8. The van der Waals surface area contributed by atoms with Crippen LogP contribution in [-0.4, -0.2) is 29.1 Å². The molecule has 3 aromatic rings. The van der Waals surface area contributed by atoms with Gasteiger partial charge in [-0.2, -0.15) is 0 Å². The average Bonchev–Trinajstić information content (AvgIpc) is 3.35. The van der Waals surface area contributed by atoms with Crippen LogP contribution in [-0.2, 0) is 11.2 Å². The van der Waals surface area contributed by atoms with Crippen molar-refractivity contribution in [2.75, 3.05) is 18.0 Å². The molecule has 3 aromatic carbocycles. The quantitative estimate of drug-likeness (QED) is 0.362. The Labute approximate surface area is 207 Å². The van der Waals surface area contributed by atoms with E-state index in [-0.39, 0.29) is 5.91 Å². The number of nitrogens with zero attached hydrogens (tertiary/aromatic N) is 3. The van der Waals surface area contributed by atoms with Gasteiger partial charge in [0.05, 0.1) is 11.4 Å². The zero-order valence-electron chi connectivity index (χ0n) is 18.1. The zero-order valence-corrected chi connectivity index (χ0v) is 20.5. The second-order valence-corrected chi connectivity index (χ2v) is 10.1. The van der Waals surface area contributed by atoms with Crippen LogP contribution < -0.4 is 4.90 Å². The number of halogens is 1. The van der Waals surface area contributed by atoms with E-state index in [2.05, 4.69) is 36.1 Å².